The standard InChI is InChI=1S/C15H21N3O2S/c1-15(2,3)12-8-14(20-17-12)16-13(19)10-18(4)9-11-6-5-7-21-11/h5-8H,9-10H2,1-4H3,(H,16,19). The van der Waals surface area contributed by atoms with Gasteiger partial charge in [0.15, 0.2) is 0 Å². The number of likely N-dealkylation sites (N-methyl/N-ethyl adjacent to an activating group) is 1. The van der Waals surface area contributed by atoms with Crippen LogP contribution in [0.2, 0.25) is 0 Å². The third kappa shape index (κ3) is 4.68. The van der Waals surface area contributed by atoms with Crippen molar-refractivity contribution >= 4 is 23.1 Å². The Kier molecular flexibility index (Phi) is 4.80. The van der Waals surface area contributed by atoms with Crippen molar-refractivity contribution in [2.75, 3.05) is 18.9 Å². The minimum absolute atomic E-state index is 0.0948. The van der Waals surface area contributed by atoms with E-state index in [0.29, 0.717) is 12.4 Å². The van der Waals surface area contributed by atoms with Crippen LogP contribution in [-0.4, -0.2) is 29.6 Å². The number of hydrogen-bond donors (Lipinski definition) is 1. The molecule has 6 heteroatoms. The summed E-state index contributed by atoms with van der Waals surface area (Å²) in [4.78, 5) is 15.2. The summed E-state index contributed by atoms with van der Waals surface area (Å²) in [7, 11) is 1.92. The quantitative estimate of drug-likeness (QED) is 0.922. The summed E-state index contributed by atoms with van der Waals surface area (Å²) in [6, 6.07) is 5.85. The van der Waals surface area contributed by atoms with Gasteiger partial charge >= 0.3 is 0 Å². The van der Waals surface area contributed by atoms with E-state index in [9.17, 15) is 4.79 Å². The van der Waals surface area contributed by atoms with Crippen molar-refractivity contribution in [1.82, 2.24) is 10.1 Å². The maximum Gasteiger partial charge on any atom is 0.240 e. The van der Waals surface area contributed by atoms with Gasteiger partial charge in [0.05, 0.1) is 12.2 Å². The number of rotatable bonds is 5. The summed E-state index contributed by atoms with van der Waals surface area (Å²) in [6.07, 6.45) is 0. The Labute approximate surface area is 128 Å². The molecule has 0 aliphatic carbocycles. The lowest BCUT2D eigenvalue weighted by atomic mass is 9.92. The van der Waals surface area contributed by atoms with Gasteiger partial charge in [0.1, 0.15) is 0 Å². The minimum Gasteiger partial charge on any atom is -0.338 e. The molecule has 114 valence electrons. The van der Waals surface area contributed by atoms with Crippen molar-refractivity contribution in [2.24, 2.45) is 0 Å². The van der Waals surface area contributed by atoms with Crippen molar-refractivity contribution in [3.63, 3.8) is 0 Å². The van der Waals surface area contributed by atoms with E-state index in [0.717, 1.165) is 12.2 Å². The van der Waals surface area contributed by atoms with Gasteiger partial charge in [0.2, 0.25) is 11.8 Å². The van der Waals surface area contributed by atoms with Crippen molar-refractivity contribution in [1.29, 1.82) is 0 Å². The zero-order chi connectivity index (χ0) is 15.5. The van der Waals surface area contributed by atoms with Gasteiger partial charge < -0.3 is 4.52 Å². The molecule has 0 fully saturated rings. The summed E-state index contributed by atoms with van der Waals surface area (Å²) in [5.74, 6) is 0.292. The summed E-state index contributed by atoms with van der Waals surface area (Å²) in [5.41, 5.74) is 0.729. The first kappa shape index (κ1) is 15.7. The Morgan fingerprint density at radius 1 is 1.48 bits per heavy atom. The Balaban J connectivity index is 1.85. The fourth-order valence-corrected chi connectivity index (χ4v) is 2.62. The summed E-state index contributed by atoms with van der Waals surface area (Å²) < 4.78 is 5.15. The molecule has 0 unspecified atom stereocenters. The van der Waals surface area contributed by atoms with Crippen LogP contribution in [0, 0.1) is 0 Å². The summed E-state index contributed by atoms with van der Waals surface area (Å²) in [5, 5.41) is 8.75. The number of carbonyl (C=O) groups excluding carboxylic acids is 1. The molecular weight excluding hydrogens is 286 g/mol. The number of nitrogens with one attached hydrogen (secondary N) is 1. The van der Waals surface area contributed by atoms with Crippen LogP contribution in [0.1, 0.15) is 31.3 Å². The van der Waals surface area contributed by atoms with Gasteiger partial charge in [-0.3, -0.25) is 15.0 Å². The lowest BCUT2D eigenvalue weighted by Gasteiger charge is -2.14. The Morgan fingerprint density at radius 3 is 2.81 bits per heavy atom. The van der Waals surface area contributed by atoms with Crippen LogP contribution in [0.25, 0.3) is 0 Å². The molecule has 2 rings (SSSR count). The average molecular weight is 307 g/mol. The van der Waals surface area contributed by atoms with E-state index in [2.05, 4.69) is 16.5 Å². The number of anilines is 1. The molecule has 2 aromatic heterocycles. The molecule has 2 aromatic rings. The molecule has 0 bridgehead atoms. The van der Waals surface area contributed by atoms with Crippen molar-refractivity contribution in [3.05, 3.63) is 34.2 Å². The maximum atomic E-state index is 12.0. The van der Waals surface area contributed by atoms with E-state index in [1.54, 1.807) is 17.4 Å². The first-order valence-corrected chi connectivity index (χ1v) is 7.70. The Hall–Kier alpha value is -1.66. The molecule has 0 spiro atoms. The molecule has 2 heterocycles. The highest BCUT2D eigenvalue weighted by Gasteiger charge is 2.19. The topological polar surface area (TPSA) is 58.4 Å². The molecule has 0 saturated heterocycles. The van der Waals surface area contributed by atoms with Crippen LogP contribution < -0.4 is 5.32 Å². The van der Waals surface area contributed by atoms with Gasteiger partial charge in [0.25, 0.3) is 0 Å². The number of carbonyl (C=O) groups is 1. The molecular formula is C15H21N3O2S. The van der Waals surface area contributed by atoms with Gasteiger partial charge in [-0.2, -0.15) is 0 Å². The minimum atomic E-state index is -0.106. The molecule has 0 aromatic carbocycles. The van der Waals surface area contributed by atoms with Gasteiger partial charge in [-0.05, 0) is 18.5 Å². The van der Waals surface area contributed by atoms with Crippen LogP contribution >= 0.6 is 11.3 Å². The third-order valence-electron chi connectivity index (χ3n) is 2.96. The van der Waals surface area contributed by atoms with Crippen molar-refractivity contribution in [2.45, 2.75) is 32.7 Å². The Morgan fingerprint density at radius 2 is 2.24 bits per heavy atom. The SMILES string of the molecule is CN(CC(=O)Nc1cc(C(C)(C)C)no1)Cc1cccs1. The molecule has 0 aliphatic rings. The van der Waals surface area contributed by atoms with Crippen LogP contribution in [0.5, 0.6) is 0 Å². The normalized spacial score (nSPS) is 11.9. The number of hydrogen-bond acceptors (Lipinski definition) is 5. The average Bonchev–Trinajstić information content (AvgIpc) is 2.98. The number of thiophene rings is 1. The first-order valence-electron chi connectivity index (χ1n) is 6.82. The highest BCUT2D eigenvalue weighted by molar-refractivity contribution is 7.09. The second kappa shape index (κ2) is 6.41. The van der Waals surface area contributed by atoms with E-state index < -0.39 is 0 Å². The molecule has 0 aliphatic heterocycles. The fourth-order valence-electron chi connectivity index (χ4n) is 1.83. The lowest BCUT2D eigenvalue weighted by Crippen LogP contribution is -2.29. The lowest BCUT2D eigenvalue weighted by molar-refractivity contribution is -0.117. The molecule has 0 saturated carbocycles. The van der Waals surface area contributed by atoms with Crippen LogP contribution in [0.4, 0.5) is 5.88 Å². The fraction of sp³-hybridized carbons (Fsp3) is 0.467. The summed E-state index contributed by atoms with van der Waals surface area (Å²) >= 11 is 1.69. The van der Waals surface area contributed by atoms with Gasteiger partial charge in [-0.25, -0.2) is 0 Å². The van der Waals surface area contributed by atoms with E-state index in [-0.39, 0.29) is 11.3 Å². The van der Waals surface area contributed by atoms with Crippen LogP contribution in [0.3, 0.4) is 0 Å². The van der Waals surface area contributed by atoms with Crippen molar-refractivity contribution in [3.8, 4) is 0 Å². The van der Waals surface area contributed by atoms with Crippen molar-refractivity contribution < 1.29 is 9.32 Å². The van der Waals surface area contributed by atoms with Gasteiger partial charge in [-0.15, -0.1) is 11.3 Å². The monoisotopic (exact) mass is 307 g/mol. The van der Waals surface area contributed by atoms with E-state index >= 15 is 0 Å². The smallest absolute Gasteiger partial charge is 0.240 e. The maximum absolute atomic E-state index is 12.0. The molecule has 1 amide bonds. The third-order valence-corrected chi connectivity index (χ3v) is 3.82. The number of aromatic nitrogens is 1. The van der Waals surface area contributed by atoms with E-state index in [1.165, 1.54) is 4.88 Å². The van der Waals surface area contributed by atoms with Gasteiger partial charge in [0, 0.05) is 22.9 Å². The molecule has 0 atom stereocenters. The van der Waals surface area contributed by atoms with Crippen LogP contribution in [-0.2, 0) is 16.8 Å². The molecule has 21 heavy (non-hydrogen) atoms. The molecule has 1 N–H and O–H groups in total. The highest BCUT2D eigenvalue weighted by Crippen LogP contribution is 2.23. The largest absolute Gasteiger partial charge is 0.338 e. The zero-order valence-electron chi connectivity index (χ0n) is 12.8. The van der Waals surface area contributed by atoms with Crippen LogP contribution in [0.15, 0.2) is 28.1 Å². The first-order chi connectivity index (χ1) is 9.84. The summed E-state index contributed by atoms with van der Waals surface area (Å²) in [6.45, 7) is 7.21. The predicted octanol–water partition coefficient (Wildman–Crippen LogP) is 3.10. The highest BCUT2D eigenvalue weighted by atomic mass is 32.1. The molecule has 0 radical (unpaired) electrons. The predicted molar refractivity (Wildman–Crippen MR) is 84.5 cm³/mol. The number of nitrogens with zero attached hydrogens (tertiary/aromatic N) is 2. The van der Waals surface area contributed by atoms with E-state index in [4.69, 9.17) is 4.52 Å². The second-order valence-electron chi connectivity index (χ2n) is 6.13. The number of amides is 1. The van der Waals surface area contributed by atoms with E-state index in [1.807, 2.05) is 44.2 Å². The molecule has 5 nitrogen and oxygen atoms in total. The Bertz CT molecular complexity index is 584. The van der Waals surface area contributed by atoms with Gasteiger partial charge in [-0.1, -0.05) is 32.0 Å². The zero-order valence-corrected chi connectivity index (χ0v) is 13.7. The second-order valence-corrected chi connectivity index (χ2v) is 7.16.